The van der Waals surface area contributed by atoms with E-state index in [4.69, 9.17) is 16.5 Å². The van der Waals surface area contributed by atoms with Gasteiger partial charge in [0.15, 0.2) is 0 Å². The molecule has 3 heteroatoms. The number of hydrogen-bond donors (Lipinski definition) is 1. The van der Waals surface area contributed by atoms with Crippen molar-refractivity contribution >= 4 is 19.1 Å². The first-order valence-corrected chi connectivity index (χ1v) is 5.53. The molecule has 0 aliphatic carbocycles. The topological polar surface area (TPSA) is 20.2 Å². The fourth-order valence-electron chi connectivity index (χ4n) is 0. The number of rotatable bonds is 1. The first-order chi connectivity index (χ1) is 2.56. The molecule has 0 spiro atoms. The maximum absolute atomic E-state index is 8.83. The zero-order valence-corrected chi connectivity index (χ0v) is 5.79. The van der Waals surface area contributed by atoms with Gasteiger partial charge in [0.25, 0.3) is 0 Å². The van der Waals surface area contributed by atoms with Gasteiger partial charge in [-0.15, -0.1) is 0 Å². The Bertz CT molecular complexity index is 40.5. The summed E-state index contributed by atoms with van der Waals surface area (Å²) in [5, 5.41) is 0. The Hall–Kier alpha value is 0.680. The molecule has 0 aliphatic rings. The summed E-state index contributed by atoms with van der Waals surface area (Å²) in [5.74, 6) is 0. The van der Waals surface area contributed by atoms with Gasteiger partial charge < -0.3 is 0 Å². The van der Waals surface area contributed by atoms with Crippen molar-refractivity contribution in [1.29, 1.82) is 0 Å². The van der Waals surface area contributed by atoms with Crippen LogP contribution in [0.1, 0.15) is 0 Å². The summed E-state index contributed by atoms with van der Waals surface area (Å²) in [5.41, 5.74) is 0.438. The Labute approximate surface area is 43.7 Å². The molecule has 0 saturated heterocycles. The van der Waals surface area contributed by atoms with E-state index in [0.717, 1.165) is 0 Å². The molecule has 0 bridgehead atoms. The first-order valence-electron chi connectivity index (χ1n) is 1.84. The molecule has 0 atom stereocenters. The number of hydrogen-bond acceptors (Lipinski definition) is 1. The quantitative estimate of drug-likeness (QED) is 0.414. The molecule has 0 amide bonds. The Morgan fingerprint density at radius 1 is 1.67 bits per heavy atom. The van der Waals surface area contributed by atoms with E-state index in [2.05, 4.69) is 0 Å². The summed E-state index contributed by atoms with van der Waals surface area (Å²) in [6.45, 7) is 3.61. The first kappa shape index (κ1) is 6.68. The van der Waals surface area contributed by atoms with Gasteiger partial charge in [0.2, 0.25) is 0 Å². The van der Waals surface area contributed by atoms with E-state index in [0.29, 0.717) is 5.62 Å². The van der Waals surface area contributed by atoms with Gasteiger partial charge in [-0.25, -0.2) is 0 Å². The molecule has 0 unspecified atom stereocenters. The molecule has 0 aromatic heterocycles. The van der Waals surface area contributed by atoms with Crippen molar-refractivity contribution < 1.29 is 4.89 Å². The SMILES string of the molecule is C[PH](C)(O)CCl. The molecule has 1 nitrogen and oxygen atoms in total. The summed E-state index contributed by atoms with van der Waals surface area (Å²) in [7, 11) is -1.87. The normalized spacial score (nSPS) is 14.7. The standard InChI is InChI=1S/C3H10ClOP/c1-6(2,5)3-4/h5-6H,3H2,1-2H3. The van der Waals surface area contributed by atoms with Gasteiger partial charge in [0.1, 0.15) is 0 Å². The molecule has 40 valence electrons. The summed E-state index contributed by atoms with van der Waals surface area (Å²) in [4.78, 5) is 8.83. The van der Waals surface area contributed by atoms with Gasteiger partial charge in [0.05, 0.1) is 0 Å². The maximum atomic E-state index is 8.83. The molecule has 0 radical (unpaired) electrons. The predicted octanol–water partition coefficient (Wildman–Crippen LogP) is 1.10. The predicted molar refractivity (Wildman–Crippen MR) is 33.1 cm³/mol. The van der Waals surface area contributed by atoms with E-state index in [9.17, 15) is 0 Å². The van der Waals surface area contributed by atoms with E-state index in [1.165, 1.54) is 0 Å². The zero-order chi connectivity index (χ0) is 5.21. The molecule has 0 aliphatic heterocycles. The van der Waals surface area contributed by atoms with Crippen LogP contribution in [0.3, 0.4) is 0 Å². The van der Waals surface area contributed by atoms with E-state index in [1.54, 1.807) is 13.3 Å². The zero-order valence-electron chi connectivity index (χ0n) is 4.03. The average Bonchev–Trinajstić information content (AvgIpc) is 1.35. The van der Waals surface area contributed by atoms with Crippen LogP contribution in [0, 0.1) is 0 Å². The van der Waals surface area contributed by atoms with Crippen molar-refractivity contribution in [2.75, 3.05) is 19.0 Å². The van der Waals surface area contributed by atoms with Crippen molar-refractivity contribution in [3.05, 3.63) is 0 Å². The van der Waals surface area contributed by atoms with Gasteiger partial charge in [-0.1, -0.05) is 0 Å². The molecular weight excluding hydrogens is 118 g/mol. The third-order valence-electron chi connectivity index (χ3n) is 0.327. The van der Waals surface area contributed by atoms with E-state index < -0.39 is 7.49 Å². The van der Waals surface area contributed by atoms with Crippen LogP contribution in [0.4, 0.5) is 0 Å². The Morgan fingerprint density at radius 2 is 1.83 bits per heavy atom. The summed E-state index contributed by atoms with van der Waals surface area (Å²) in [6, 6.07) is 0. The minimum atomic E-state index is -1.87. The Morgan fingerprint density at radius 3 is 1.83 bits per heavy atom. The molecule has 1 N–H and O–H groups in total. The van der Waals surface area contributed by atoms with Crippen LogP contribution in [-0.4, -0.2) is 23.8 Å². The second-order valence-electron chi connectivity index (χ2n) is 1.95. The van der Waals surface area contributed by atoms with Crippen molar-refractivity contribution in [2.45, 2.75) is 0 Å². The van der Waals surface area contributed by atoms with Gasteiger partial charge in [-0.2, -0.15) is 0 Å². The van der Waals surface area contributed by atoms with Crippen molar-refractivity contribution in [1.82, 2.24) is 0 Å². The molecule has 0 heterocycles. The third kappa shape index (κ3) is 4.68. The average molecular weight is 129 g/mol. The van der Waals surface area contributed by atoms with E-state index in [1.807, 2.05) is 0 Å². The van der Waals surface area contributed by atoms with Crippen LogP contribution in [0.5, 0.6) is 0 Å². The van der Waals surface area contributed by atoms with Crippen LogP contribution < -0.4 is 0 Å². The van der Waals surface area contributed by atoms with Crippen LogP contribution in [0.2, 0.25) is 0 Å². The second kappa shape index (κ2) is 2.11. The van der Waals surface area contributed by atoms with Crippen LogP contribution in [-0.2, 0) is 0 Å². The van der Waals surface area contributed by atoms with Gasteiger partial charge in [-0.05, 0) is 0 Å². The summed E-state index contributed by atoms with van der Waals surface area (Å²) in [6.07, 6.45) is 0. The molecule has 0 aromatic rings. The van der Waals surface area contributed by atoms with Gasteiger partial charge in [-0.3, -0.25) is 0 Å². The van der Waals surface area contributed by atoms with Crippen molar-refractivity contribution in [3.63, 3.8) is 0 Å². The number of halogens is 1. The molecule has 0 saturated carbocycles. The fraction of sp³-hybridized carbons (Fsp3) is 1.00. The third-order valence-corrected chi connectivity index (χ3v) is 2.94. The minimum absolute atomic E-state index is 0.438. The summed E-state index contributed by atoms with van der Waals surface area (Å²) < 4.78 is 0. The van der Waals surface area contributed by atoms with Crippen molar-refractivity contribution in [3.8, 4) is 0 Å². The van der Waals surface area contributed by atoms with Crippen LogP contribution in [0.15, 0.2) is 0 Å². The molecule has 0 rings (SSSR count). The van der Waals surface area contributed by atoms with Crippen molar-refractivity contribution in [2.24, 2.45) is 0 Å². The second-order valence-corrected chi connectivity index (χ2v) is 6.64. The van der Waals surface area contributed by atoms with Gasteiger partial charge >= 0.3 is 42.9 Å². The molecular formula is C3H10ClOP. The van der Waals surface area contributed by atoms with E-state index in [-0.39, 0.29) is 0 Å². The van der Waals surface area contributed by atoms with Gasteiger partial charge in [0, 0.05) is 0 Å². The molecule has 6 heavy (non-hydrogen) atoms. The van der Waals surface area contributed by atoms with Crippen LogP contribution in [0.25, 0.3) is 0 Å². The fourth-order valence-corrected chi connectivity index (χ4v) is 0. The van der Waals surface area contributed by atoms with Crippen LogP contribution >= 0.6 is 19.1 Å². The monoisotopic (exact) mass is 128 g/mol. The Kier molecular flexibility index (Phi) is 2.35. The molecule has 0 aromatic carbocycles. The Balaban J connectivity index is 3.17. The summed E-state index contributed by atoms with van der Waals surface area (Å²) >= 11 is 5.29. The van der Waals surface area contributed by atoms with E-state index >= 15 is 0 Å². The molecule has 0 fully saturated rings. The number of alkyl halides is 1.